The summed E-state index contributed by atoms with van der Waals surface area (Å²) in [4.78, 5) is 30.6. The Morgan fingerprint density at radius 1 is 1.24 bits per heavy atom. The van der Waals surface area contributed by atoms with Crippen LogP contribution in [0.15, 0.2) is 22.6 Å². The predicted molar refractivity (Wildman–Crippen MR) is 138 cm³/mol. The van der Waals surface area contributed by atoms with E-state index in [1.807, 2.05) is 32.2 Å². The molecule has 5 atom stereocenters. The zero-order valence-corrected chi connectivity index (χ0v) is 22.5. The van der Waals surface area contributed by atoms with Crippen LogP contribution in [0.1, 0.15) is 84.3 Å². The third-order valence-electron chi connectivity index (χ3n) is 7.19. The lowest BCUT2D eigenvalue weighted by Crippen LogP contribution is -2.47. The summed E-state index contributed by atoms with van der Waals surface area (Å²) in [6, 6.07) is -0.233. The number of aromatic nitrogens is 1. The lowest BCUT2D eigenvalue weighted by atomic mass is 9.73. The van der Waals surface area contributed by atoms with Crippen LogP contribution in [0.5, 0.6) is 0 Å². The van der Waals surface area contributed by atoms with E-state index in [2.05, 4.69) is 23.3 Å². The van der Waals surface area contributed by atoms with Crippen molar-refractivity contribution in [2.75, 3.05) is 0 Å². The van der Waals surface area contributed by atoms with E-state index in [1.165, 1.54) is 5.57 Å². The number of rotatable bonds is 2. The maximum Gasteiger partial charge on any atom is 0.223 e. The first-order valence-electron chi connectivity index (χ1n) is 12.3. The SMILES string of the molecule is C/C1=C/C[C@@H](/C(C)=C/c2csc(C)n2)NC(=O)C[C@H](O)C(C)(C)C(=O)[C@H](C)C(O)[C@@H](C)CCC1. The van der Waals surface area contributed by atoms with Gasteiger partial charge < -0.3 is 15.5 Å². The van der Waals surface area contributed by atoms with Crippen LogP contribution in [0, 0.1) is 24.2 Å². The highest BCUT2D eigenvalue weighted by molar-refractivity contribution is 7.09. The third-order valence-corrected chi connectivity index (χ3v) is 7.98. The zero-order valence-electron chi connectivity index (χ0n) is 21.7. The van der Waals surface area contributed by atoms with Crippen molar-refractivity contribution in [2.45, 2.75) is 98.8 Å². The number of aryl methyl sites for hydroxylation is 1. The van der Waals surface area contributed by atoms with Crippen LogP contribution < -0.4 is 5.32 Å². The molecule has 2 heterocycles. The molecule has 190 valence electrons. The molecule has 0 fully saturated rings. The van der Waals surface area contributed by atoms with Gasteiger partial charge in [0.2, 0.25) is 5.91 Å². The molecule has 1 aliphatic heterocycles. The second kappa shape index (κ2) is 12.2. The second-order valence-electron chi connectivity index (χ2n) is 10.5. The number of aliphatic hydroxyl groups is 2. The summed E-state index contributed by atoms with van der Waals surface area (Å²) in [6.07, 6.45) is 5.30. The van der Waals surface area contributed by atoms with Gasteiger partial charge in [-0.15, -0.1) is 11.3 Å². The van der Waals surface area contributed by atoms with Crippen molar-refractivity contribution in [3.63, 3.8) is 0 Å². The number of ketones is 1. The number of hydrogen-bond acceptors (Lipinski definition) is 6. The molecule has 0 saturated heterocycles. The van der Waals surface area contributed by atoms with Crippen LogP contribution in [-0.2, 0) is 9.59 Å². The number of amides is 1. The largest absolute Gasteiger partial charge is 0.392 e. The molecule has 2 rings (SSSR count). The van der Waals surface area contributed by atoms with Gasteiger partial charge in [-0.25, -0.2) is 4.98 Å². The van der Waals surface area contributed by atoms with Gasteiger partial charge in [-0.2, -0.15) is 0 Å². The first-order chi connectivity index (χ1) is 15.8. The van der Waals surface area contributed by atoms with Gasteiger partial charge in [0, 0.05) is 11.3 Å². The third kappa shape index (κ3) is 7.59. The molecular weight excluding hydrogens is 448 g/mol. The minimum absolute atomic E-state index is 0.0320. The maximum absolute atomic E-state index is 13.2. The fraction of sp³-hybridized carbons (Fsp3) is 0.667. The van der Waals surface area contributed by atoms with E-state index in [4.69, 9.17) is 0 Å². The van der Waals surface area contributed by atoms with Crippen molar-refractivity contribution >= 4 is 29.1 Å². The zero-order chi connectivity index (χ0) is 25.6. The Morgan fingerprint density at radius 2 is 1.91 bits per heavy atom. The number of thiazole rings is 1. The number of Topliss-reactive ketones (excluding diaryl/α,β-unsaturated/α-hetero) is 1. The summed E-state index contributed by atoms with van der Waals surface area (Å²) in [7, 11) is 0. The Bertz CT molecular complexity index is 917. The number of carbonyl (C=O) groups is 2. The van der Waals surface area contributed by atoms with Crippen molar-refractivity contribution in [1.82, 2.24) is 10.3 Å². The van der Waals surface area contributed by atoms with Crippen LogP contribution in [-0.4, -0.2) is 45.1 Å². The predicted octanol–water partition coefficient (Wildman–Crippen LogP) is 4.84. The standard InChI is InChI=1S/C27H42N2O4S/c1-16-9-8-10-17(2)25(32)19(4)26(33)27(6,7)23(30)14-24(31)29-22(12-11-16)18(3)13-21-15-34-20(5)28-21/h11,13,15,17,19,22-23,25,30,32H,8-10,12,14H2,1-7H3,(H,29,31)/b16-11-,18-13+/t17-,19+,22-,23-,25?/m0/s1. The van der Waals surface area contributed by atoms with Gasteiger partial charge in [0.05, 0.1) is 40.8 Å². The molecule has 34 heavy (non-hydrogen) atoms. The second-order valence-corrected chi connectivity index (χ2v) is 11.6. The maximum atomic E-state index is 13.2. The van der Waals surface area contributed by atoms with Crippen molar-refractivity contribution in [3.8, 4) is 0 Å². The first kappa shape index (κ1) is 28.4. The topological polar surface area (TPSA) is 99.5 Å². The van der Waals surface area contributed by atoms with Gasteiger partial charge in [-0.1, -0.05) is 39.3 Å². The molecule has 1 amide bonds. The number of nitrogens with zero attached hydrogens (tertiary/aromatic N) is 1. The highest BCUT2D eigenvalue weighted by Gasteiger charge is 2.42. The van der Waals surface area contributed by atoms with Crippen LogP contribution in [0.25, 0.3) is 6.08 Å². The fourth-order valence-electron chi connectivity index (χ4n) is 4.52. The van der Waals surface area contributed by atoms with Crippen LogP contribution >= 0.6 is 11.3 Å². The minimum Gasteiger partial charge on any atom is -0.392 e. The van der Waals surface area contributed by atoms with Crippen molar-refractivity contribution in [2.24, 2.45) is 17.3 Å². The summed E-state index contributed by atoms with van der Waals surface area (Å²) in [6.45, 7) is 13.0. The number of hydrogen-bond donors (Lipinski definition) is 3. The summed E-state index contributed by atoms with van der Waals surface area (Å²) in [5.74, 6) is -1.18. The number of aliphatic hydroxyl groups excluding tert-OH is 2. The van der Waals surface area contributed by atoms with E-state index >= 15 is 0 Å². The molecule has 0 aliphatic carbocycles. The Balaban J connectivity index is 2.33. The van der Waals surface area contributed by atoms with E-state index in [1.54, 1.807) is 32.1 Å². The average molecular weight is 491 g/mol. The number of carbonyl (C=O) groups excluding carboxylic acids is 2. The first-order valence-corrected chi connectivity index (χ1v) is 13.2. The molecule has 0 saturated carbocycles. The summed E-state index contributed by atoms with van der Waals surface area (Å²) < 4.78 is 0. The molecule has 0 radical (unpaired) electrons. The minimum atomic E-state index is -1.15. The smallest absolute Gasteiger partial charge is 0.223 e. The highest BCUT2D eigenvalue weighted by atomic mass is 32.1. The van der Waals surface area contributed by atoms with Crippen molar-refractivity contribution in [3.05, 3.63) is 33.3 Å². The number of allylic oxidation sites excluding steroid dienone is 1. The van der Waals surface area contributed by atoms with Crippen LogP contribution in [0.2, 0.25) is 0 Å². The summed E-state index contributed by atoms with van der Waals surface area (Å²) in [5, 5.41) is 27.7. The quantitative estimate of drug-likeness (QED) is 0.515. The van der Waals surface area contributed by atoms with E-state index in [0.29, 0.717) is 6.42 Å². The molecule has 7 heteroatoms. The van der Waals surface area contributed by atoms with E-state index in [-0.39, 0.29) is 30.1 Å². The van der Waals surface area contributed by atoms with E-state index in [9.17, 15) is 19.8 Å². The Kier molecular flexibility index (Phi) is 10.2. The highest BCUT2D eigenvalue weighted by Crippen LogP contribution is 2.32. The van der Waals surface area contributed by atoms with Crippen molar-refractivity contribution < 1.29 is 19.8 Å². The van der Waals surface area contributed by atoms with Crippen molar-refractivity contribution in [1.29, 1.82) is 0 Å². The van der Waals surface area contributed by atoms with Gasteiger partial charge in [-0.05, 0) is 64.0 Å². The van der Waals surface area contributed by atoms with Gasteiger partial charge in [0.1, 0.15) is 5.78 Å². The molecular formula is C27H42N2O4S. The average Bonchev–Trinajstić information content (AvgIpc) is 3.18. The molecule has 3 N–H and O–H groups in total. The molecule has 0 aromatic carbocycles. The Morgan fingerprint density at radius 3 is 2.53 bits per heavy atom. The molecule has 0 spiro atoms. The molecule has 1 aliphatic rings. The van der Waals surface area contributed by atoms with Crippen LogP contribution in [0.4, 0.5) is 0 Å². The van der Waals surface area contributed by atoms with E-state index < -0.39 is 23.5 Å². The Labute approximate surface area is 208 Å². The molecule has 1 unspecified atom stereocenters. The lowest BCUT2D eigenvalue weighted by Gasteiger charge is -2.34. The normalized spacial score (nSPS) is 32.1. The molecule has 0 bridgehead atoms. The molecule has 1 aromatic rings. The monoisotopic (exact) mass is 490 g/mol. The van der Waals surface area contributed by atoms with Gasteiger partial charge in [0.25, 0.3) is 0 Å². The number of nitrogens with one attached hydrogen (secondary N) is 1. The summed E-state index contributed by atoms with van der Waals surface area (Å²) >= 11 is 1.58. The molecule has 1 aromatic heterocycles. The molecule has 6 nitrogen and oxygen atoms in total. The van der Waals surface area contributed by atoms with Gasteiger partial charge in [-0.3, -0.25) is 9.59 Å². The van der Waals surface area contributed by atoms with Crippen LogP contribution in [0.3, 0.4) is 0 Å². The summed E-state index contributed by atoms with van der Waals surface area (Å²) in [5.41, 5.74) is 1.94. The van der Waals surface area contributed by atoms with Gasteiger partial charge >= 0.3 is 0 Å². The van der Waals surface area contributed by atoms with E-state index in [0.717, 1.165) is 35.5 Å². The fourth-order valence-corrected chi connectivity index (χ4v) is 5.09. The van der Waals surface area contributed by atoms with Gasteiger partial charge in [0.15, 0.2) is 0 Å². The Hall–Kier alpha value is -1.83. The lowest BCUT2D eigenvalue weighted by molar-refractivity contribution is -0.143.